The van der Waals surface area contributed by atoms with Crippen LogP contribution in [0.3, 0.4) is 0 Å². The Kier molecular flexibility index (Phi) is 7.38. The molecule has 146 valence electrons. The lowest BCUT2D eigenvalue weighted by Crippen LogP contribution is -2.52. The zero-order valence-corrected chi connectivity index (χ0v) is 16.2. The first-order chi connectivity index (χ1) is 12.6. The zero-order chi connectivity index (χ0) is 18.4. The van der Waals surface area contributed by atoms with Crippen LogP contribution in [0, 0.1) is 0 Å². The maximum absolute atomic E-state index is 13.1. The second-order valence-corrected chi connectivity index (χ2v) is 6.57. The van der Waals surface area contributed by atoms with Crippen LogP contribution in [0.15, 0.2) is 42.7 Å². The average molecular weight is 392 g/mol. The molecule has 7 nitrogen and oxygen atoms in total. The second kappa shape index (κ2) is 9.53. The Morgan fingerprint density at radius 1 is 1.19 bits per heavy atom. The van der Waals surface area contributed by atoms with Crippen LogP contribution in [0.1, 0.15) is 32.6 Å². The predicted octanol–water partition coefficient (Wildman–Crippen LogP) is 2.76. The molecule has 1 saturated heterocycles. The maximum atomic E-state index is 13.1. The molecule has 3 N–H and O–H groups in total. The highest BCUT2D eigenvalue weighted by atomic mass is 35.5. The SMILES string of the molecule is CCCC(=O)Nc1cccc(NC(=O)C2(n3cccn3)CCNCC2)c1.Cl. The third-order valence-electron chi connectivity index (χ3n) is 4.68. The summed E-state index contributed by atoms with van der Waals surface area (Å²) in [7, 11) is 0. The number of piperidine rings is 1. The molecule has 3 rings (SSSR count). The molecular formula is C19H26ClN5O2. The Morgan fingerprint density at radius 3 is 2.52 bits per heavy atom. The molecule has 0 saturated carbocycles. The first-order valence-corrected chi connectivity index (χ1v) is 9.06. The molecule has 0 bridgehead atoms. The molecule has 1 fully saturated rings. The molecule has 27 heavy (non-hydrogen) atoms. The van der Waals surface area contributed by atoms with Crippen LogP contribution < -0.4 is 16.0 Å². The van der Waals surface area contributed by atoms with Gasteiger partial charge in [-0.2, -0.15) is 5.10 Å². The van der Waals surface area contributed by atoms with Crippen LogP contribution in [0.5, 0.6) is 0 Å². The van der Waals surface area contributed by atoms with Gasteiger partial charge >= 0.3 is 0 Å². The number of carbonyl (C=O) groups excluding carboxylic acids is 2. The molecule has 0 aliphatic carbocycles. The number of rotatable bonds is 6. The van der Waals surface area contributed by atoms with E-state index in [1.54, 1.807) is 16.9 Å². The van der Waals surface area contributed by atoms with Crippen molar-refractivity contribution in [3.8, 4) is 0 Å². The van der Waals surface area contributed by atoms with E-state index in [0.717, 1.165) is 19.5 Å². The van der Waals surface area contributed by atoms with E-state index in [-0.39, 0.29) is 24.2 Å². The van der Waals surface area contributed by atoms with Gasteiger partial charge in [-0.1, -0.05) is 13.0 Å². The van der Waals surface area contributed by atoms with Gasteiger partial charge < -0.3 is 16.0 Å². The van der Waals surface area contributed by atoms with Gasteiger partial charge in [0.15, 0.2) is 0 Å². The third-order valence-corrected chi connectivity index (χ3v) is 4.68. The number of halogens is 1. The molecule has 0 atom stereocenters. The minimum atomic E-state index is -0.698. The van der Waals surface area contributed by atoms with E-state index in [9.17, 15) is 9.59 Å². The van der Waals surface area contributed by atoms with Gasteiger partial charge in [-0.05, 0) is 56.6 Å². The lowest BCUT2D eigenvalue weighted by atomic mass is 9.87. The molecule has 2 aromatic rings. The van der Waals surface area contributed by atoms with Crippen LogP contribution in [0.2, 0.25) is 0 Å². The summed E-state index contributed by atoms with van der Waals surface area (Å²) in [6, 6.07) is 9.08. The molecule has 0 spiro atoms. The quantitative estimate of drug-likeness (QED) is 0.706. The molecule has 0 unspecified atom stereocenters. The van der Waals surface area contributed by atoms with Crippen LogP contribution in [0.4, 0.5) is 11.4 Å². The number of carbonyl (C=O) groups is 2. The van der Waals surface area contributed by atoms with Gasteiger partial charge in [0.05, 0.1) is 0 Å². The van der Waals surface area contributed by atoms with Crippen molar-refractivity contribution in [2.45, 2.75) is 38.1 Å². The van der Waals surface area contributed by atoms with Crippen molar-refractivity contribution < 1.29 is 9.59 Å². The Balaban J connectivity index is 0.00000261. The summed E-state index contributed by atoms with van der Waals surface area (Å²) in [5.41, 5.74) is 0.644. The number of nitrogens with zero attached hydrogens (tertiary/aromatic N) is 2. The lowest BCUT2D eigenvalue weighted by molar-refractivity contribution is -0.126. The van der Waals surface area contributed by atoms with Gasteiger partial charge in [0.2, 0.25) is 5.91 Å². The van der Waals surface area contributed by atoms with Gasteiger partial charge in [0.25, 0.3) is 5.91 Å². The molecule has 2 heterocycles. The fraction of sp³-hybridized carbons (Fsp3) is 0.421. The topological polar surface area (TPSA) is 88.1 Å². The predicted molar refractivity (Wildman–Crippen MR) is 108 cm³/mol. The Bertz CT molecular complexity index is 757. The summed E-state index contributed by atoms with van der Waals surface area (Å²) in [6.45, 7) is 3.49. The monoisotopic (exact) mass is 391 g/mol. The van der Waals surface area contributed by atoms with E-state index in [0.29, 0.717) is 30.6 Å². The maximum Gasteiger partial charge on any atom is 0.252 e. The molecule has 8 heteroatoms. The third kappa shape index (κ3) is 4.87. The van der Waals surface area contributed by atoms with Crippen molar-refractivity contribution in [2.75, 3.05) is 23.7 Å². The number of aromatic nitrogens is 2. The van der Waals surface area contributed by atoms with Crippen LogP contribution in [0.25, 0.3) is 0 Å². The average Bonchev–Trinajstić information content (AvgIpc) is 3.18. The minimum Gasteiger partial charge on any atom is -0.326 e. The van der Waals surface area contributed by atoms with E-state index >= 15 is 0 Å². The Labute approximate surface area is 165 Å². The smallest absolute Gasteiger partial charge is 0.252 e. The van der Waals surface area contributed by atoms with E-state index in [4.69, 9.17) is 0 Å². The van der Waals surface area contributed by atoms with E-state index in [2.05, 4.69) is 21.0 Å². The molecule has 2 amide bonds. The molecular weight excluding hydrogens is 366 g/mol. The molecule has 1 aliphatic rings. The number of amides is 2. The van der Waals surface area contributed by atoms with Crippen molar-refractivity contribution in [1.82, 2.24) is 15.1 Å². The van der Waals surface area contributed by atoms with Gasteiger partial charge in [-0.15, -0.1) is 12.4 Å². The normalized spacial score (nSPS) is 15.4. The Hall–Kier alpha value is -2.38. The molecule has 1 aromatic carbocycles. The van der Waals surface area contributed by atoms with Crippen molar-refractivity contribution >= 4 is 35.6 Å². The zero-order valence-electron chi connectivity index (χ0n) is 15.4. The van der Waals surface area contributed by atoms with Gasteiger partial charge in [-0.25, -0.2) is 0 Å². The van der Waals surface area contributed by atoms with Crippen molar-refractivity contribution in [3.05, 3.63) is 42.7 Å². The van der Waals surface area contributed by atoms with Crippen LogP contribution in [-0.4, -0.2) is 34.7 Å². The van der Waals surface area contributed by atoms with Gasteiger partial charge in [0.1, 0.15) is 5.54 Å². The van der Waals surface area contributed by atoms with Crippen molar-refractivity contribution in [3.63, 3.8) is 0 Å². The minimum absolute atomic E-state index is 0. The Morgan fingerprint density at radius 2 is 1.89 bits per heavy atom. The largest absolute Gasteiger partial charge is 0.326 e. The summed E-state index contributed by atoms with van der Waals surface area (Å²) in [5.74, 6) is -0.109. The standard InChI is InChI=1S/C19H25N5O2.ClH/c1-2-5-17(25)22-15-6-3-7-16(14-15)23-18(26)19(8-11-20-12-9-19)24-13-4-10-21-24;/h3-4,6-7,10,13-14,20H,2,5,8-9,11-12H2,1H3,(H,22,25)(H,23,26);1H. The summed E-state index contributed by atoms with van der Waals surface area (Å²) < 4.78 is 1.76. The summed E-state index contributed by atoms with van der Waals surface area (Å²) in [6.07, 6.45) is 6.16. The summed E-state index contributed by atoms with van der Waals surface area (Å²) in [5, 5.41) is 13.5. The number of hydrogen-bond acceptors (Lipinski definition) is 4. The number of nitrogens with one attached hydrogen (secondary N) is 3. The number of anilines is 2. The highest BCUT2D eigenvalue weighted by Crippen LogP contribution is 2.29. The molecule has 0 radical (unpaired) electrons. The molecule has 1 aliphatic heterocycles. The van der Waals surface area contributed by atoms with Crippen molar-refractivity contribution in [2.24, 2.45) is 0 Å². The highest BCUT2D eigenvalue weighted by molar-refractivity contribution is 5.98. The summed E-state index contributed by atoms with van der Waals surface area (Å²) >= 11 is 0. The van der Waals surface area contributed by atoms with E-state index in [1.165, 1.54) is 0 Å². The fourth-order valence-corrected chi connectivity index (χ4v) is 3.30. The first kappa shape index (κ1) is 20.9. The number of benzene rings is 1. The van der Waals surface area contributed by atoms with Gasteiger partial charge in [-0.3, -0.25) is 14.3 Å². The molecule has 1 aromatic heterocycles. The summed E-state index contributed by atoms with van der Waals surface area (Å²) in [4.78, 5) is 24.9. The van der Waals surface area contributed by atoms with Crippen LogP contribution >= 0.6 is 12.4 Å². The van der Waals surface area contributed by atoms with Gasteiger partial charge in [0, 0.05) is 30.2 Å². The fourth-order valence-electron chi connectivity index (χ4n) is 3.30. The highest BCUT2D eigenvalue weighted by Gasteiger charge is 2.42. The van der Waals surface area contributed by atoms with Crippen LogP contribution in [-0.2, 0) is 15.1 Å². The van der Waals surface area contributed by atoms with E-state index < -0.39 is 5.54 Å². The first-order valence-electron chi connectivity index (χ1n) is 9.06. The number of hydrogen-bond donors (Lipinski definition) is 3. The van der Waals surface area contributed by atoms with E-state index in [1.807, 2.05) is 37.4 Å². The second-order valence-electron chi connectivity index (χ2n) is 6.57. The lowest BCUT2D eigenvalue weighted by Gasteiger charge is -2.36. The van der Waals surface area contributed by atoms with Crippen molar-refractivity contribution in [1.29, 1.82) is 0 Å².